The molecule has 0 aliphatic heterocycles. The molecule has 0 radical (unpaired) electrons. The third-order valence-electron chi connectivity index (χ3n) is 5.27. The van der Waals surface area contributed by atoms with Crippen molar-refractivity contribution in [2.45, 2.75) is 39.7 Å². The third kappa shape index (κ3) is 5.17. The van der Waals surface area contributed by atoms with E-state index in [0.717, 1.165) is 16.7 Å². The summed E-state index contributed by atoms with van der Waals surface area (Å²) in [6.07, 6.45) is 0.0907. The number of carbonyl (C=O) groups is 2. The summed E-state index contributed by atoms with van der Waals surface area (Å²) in [5, 5.41) is 7.36. The number of ether oxygens (including phenoxy) is 1. The van der Waals surface area contributed by atoms with E-state index in [4.69, 9.17) is 4.74 Å². The number of methoxy groups -OCH3 is 1. The van der Waals surface area contributed by atoms with Gasteiger partial charge in [0.1, 0.15) is 11.5 Å². The largest absolute Gasteiger partial charge is 0.469 e. The minimum absolute atomic E-state index is 0.0255. The highest BCUT2D eigenvalue weighted by molar-refractivity contribution is 5.80. The van der Waals surface area contributed by atoms with E-state index in [1.54, 1.807) is 32.0 Å². The lowest BCUT2D eigenvalue weighted by atomic mass is 10.0. The molecule has 0 spiro atoms. The molecule has 0 fully saturated rings. The molecule has 2 aromatic carbocycles. The molecular weight excluding hydrogens is 397 g/mol. The van der Waals surface area contributed by atoms with E-state index in [9.17, 15) is 14.0 Å². The fourth-order valence-corrected chi connectivity index (χ4v) is 3.50. The van der Waals surface area contributed by atoms with Gasteiger partial charge in [0.15, 0.2) is 0 Å². The Morgan fingerprint density at radius 3 is 2.42 bits per heavy atom. The van der Waals surface area contributed by atoms with E-state index in [0.29, 0.717) is 17.1 Å². The smallest absolute Gasteiger partial charge is 0.307 e. The summed E-state index contributed by atoms with van der Waals surface area (Å²) in [5.41, 5.74) is 4.30. The van der Waals surface area contributed by atoms with E-state index < -0.39 is 12.0 Å². The van der Waals surface area contributed by atoms with Crippen LogP contribution in [0.5, 0.6) is 0 Å². The Bertz CT molecular complexity index is 1090. The molecule has 0 aliphatic rings. The third-order valence-corrected chi connectivity index (χ3v) is 5.27. The van der Waals surface area contributed by atoms with Crippen LogP contribution in [0.2, 0.25) is 0 Å². The van der Waals surface area contributed by atoms with Gasteiger partial charge in [0, 0.05) is 11.3 Å². The van der Waals surface area contributed by atoms with Gasteiger partial charge in [0.05, 0.1) is 31.7 Å². The van der Waals surface area contributed by atoms with Gasteiger partial charge in [-0.05, 0) is 38.5 Å². The second-order valence-electron chi connectivity index (χ2n) is 7.50. The Labute approximate surface area is 181 Å². The Kier molecular flexibility index (Phi) is 6.84. The first kappa shape index (κ1) is 22.2. The number of halogens is 1. The number of esters is 1. The summed E-state index contributed by atoms with van der Waals surface area (Å²) in [6.45, 7) is 5.57. The van der Waals surface area contributed by atoms with Crippen molar-refractivity contribution >= 4 is 11.9 Å². The number of nitrogens with one attached hydrogen (secondary N) is 1. The van der Waals surface area contributed by atoms with Crippen LogP contribution in [-0.2, 0) is 20.7 Å². The highest BCUT2D eigenvalue weighted by Gasteiger charge is 2.22. The van der Waals surface area contributed by atoms with Crippen molar-refractivity contribution in [2.75, 3.05) is 7.11 Å². The Hall–Kier alpha value is -3.48. The average Bonchev–Trinajstić information content (AvgIpc) is 3.02. The number of aromatic nitrogens is 2. The van der Waals surface area contributed by atoms with Crippen molar-refractivity contribution in [1.82, 2.24) is 15.1 Å². The first-order valence-corrected chi connectivity index (χ1v) is 10.0. The first-order valence-electron chi connectivity index (χ1n) is 10.0. The van der Waals surface area contributed by atoms with Crippen LogP contribution in [0.1, 0.15) is 40.5 Å². The van der Waals surface area contributed by atoms with E-state index in [-0.39, 0.29) is 24.6 Å². The van der Waals surface area contributed by atoms with Crippen molar-refractivity contribution in [3.05, 3.63) is 82.4 Å². The van der Waals surface area contributed by atoms with E-state index >= 15 is 0 Å². The van der Waals surface area contributed by atoms with Crippen LogP contribution in [0.25, 0.3) is 5.69 Å². The van der Waals surface area contributed by atoms with E-state index in [2.05, 4.69) is 10.4 Å². The summed E-state index contributed by atoms with van der Waals surface area (Å²) in [6, 6.07) is 13.5. The maximum atomic E-state index is 14.2. The van der Waals surface area contributed by atoms with Gasteiger partial charge in [-0.1, -0.05) is 42.0 Å². The molecule has 0 aliphatic carbocycles. The van der Waals surface area contributed by atoms with Gasteiger partial charge in [-0.25, -0.2) is 9.07 Å². The predicted octanol–water partition coefficient (Wildman–Crippen LogP) is 3.90. The Balaban J connectivity index is 1.82. The van der Waals surface area contributed by atoms with Crippen molar-refractivity contribution in [1.29, 1.82) is 0 Å². The van der Waals surface area contributed by atoms with Gasteiger partial charge in [0.2, 0.25) is 5.91 Å². The number of carbonyl (C=O) groups excluding carboxylic acids is 2. The normalized spacial score (nSPS) is 11.8. The summed E-state index contributed by atoms with van der Waals surface area (Å²) in [5.74, 6) is -1.05. The van der Waals surface area contributed by atoms with Crippen LogP contribution >= 0.6 is 0 Å². The van der Waals surface area contributed by atoms with Crippen molar-refractivity contribution < 1.29 is 18.7 Å². The maximum Gasteiger partial charge on any atom is 0.307 e. The molecule has 1 aromatic heterocycles. The monoisotopic (exact) mass is 423 g/mol. The van der Waals surface area contributed by atoms with Gasteiger partial charge in [-0.2, -0.15) is 5.10 Å². The molecule has 0 saturated carbocycles. The van der Waals surface area contributed by atoms with Crippen molar-refractivity contribution in [3.8, 4) is 5.69 Å². The zero-order valence-corrected chi connectivity index (χ0v) is 18.1. The lowest BCUT2D eigenvalue weighted by Crippen LogP contribution is -2.32. The van der Waals surface area contributed by atoms with Gasteiger partial charge in [-0.3, -0.25) is 9.59 Å². The number of nitrogens with zero attached hydrogens (tertiary/aromatic N) is 2. The summed E-state index contributed by atoms with van der Waals surface area (Å²) >= 11 is 0. The Morgan fingerprint density at radius 1 is 1.10 bits per heavy atom. The zero-order valence-electron chi connectivity index (χ0n) is 18.1. The fraction of sp³-hybridized carbons (Fsp3) is 0.292. The molecule has 3 rings (SSSR count). The van der Waals surface area contributed by atoms with Crippen LogP contribution in [0, 0.1) is 26.6 Å². The molecular formula is C24H26FN3O3. The molecule has 7 heteroatoms. The molecule has 1 atom stereocenters. The van der Waals surface area contributed by atoms with Gasteiger partial charge >= 0.3 is 5.97 Å². The number of aryl methyl sites for hydroxylation is 2. The van der Waals surface area contributed by atoms with Crippen molar-refractivity contribution in [2.24, 2.45) is 0 Å². The highest BCUT2D eigenvalue weighted by atomic mass is 19.1. The minimum atomic E-state index is -0.511. The van der Waals surface area contributed by atoms with Crippen LogP contribution in [0.4, 0.5) is 4.39 Å². The van der Waals surface area contributed by atoms with Crippen LogP contribution in [-0.4, -0.2) is 28.8 Å². The van der Waals surface area contributed by atoms with Crippen LogP contribution in [0.3, 0.4) is 0 Å². The van der Waals surface area contributed by atoms with Crippen LogP contribution in [0.15, 0.2) is 48.5 Å². The molecule has 1 heterocycles. The van der Waals surface area contributed by atoms with E-state index in [1.165, 1.54) is 17.9 Å². The number of para-hydroxylation sites is 1. The predicted molar refractivity (Wildman–Crippen MR) is 115 cm³/mol. The summed E-state index contributed by atoms with van der Waals surface area (Å²) in [7, 11) is 1.32. The molecule has 0 unspecified atom stereocenters. The SMILES string of the molecule is COC(=O)C[C@H](NC(=O)Cc1c(C)nn(-c2ccccc2F)c1C)c1ccc(C)cc1. The summed E-state index contributed by atoms with van der Waals surface area (Å²) in [4.78, 5) is 24.8. The Morgan fingerprint density at radius 2 is 1.77 bits per heavy atom. The number of benzene rings is 2. The van der Waals surface area contributed by atoms with Gasteiger partial charge in [-0.15, -0.1) is 0 Å². The fourth-order valence-electron chi connectivity index (χ4n) is 3.50. The van der Waals surface area contributed by atoms with Crippen LogP contribution < -0.4 is 5.32 Å². The minimum Gasteiger partial charge on any atom is -0.469 e. The molecule has 0 bridgehead atoms. The highest BCUT2D eigenvalue weighted by Crippen LogP contribution is 2.22. The molecule has 162 valence electrons. The standard InChI is InChI=1S/C24H26FN3O3/c1-15-9-11-18(12-10-15)21(14-24(30)31-4)26-23(29)13-19-16(2)27-28(17(19)3)22-8-6-5-7-20(22)25/h5-12,21H,13-14H2,1-4H3,(H,26,29)/t21-/m0/s1. The van der Waals surface area contributed by atoms with E-state index in [1.807, 2.05) is 31.2 Å². The van der Waals surface area contributed by atoms with Gasteiger partial charge < -0.3 is 10.1 Å². The topological polar surface area (TPSA) is 73.2 Å². The second kappa shape index (κ2) is 9.55. The number of hydrogen-bond donors (Lipinski definition) is 1. The number of hydrogen-bond acceptors (Lipinski definition) is 4. The number of amides is 1. The molecule has 0 saturated heterocycles. The first-order chi connectivity index (χ1) is 14.8. The quantitative estimate of drug-likeness (QED) is 0.585. The van der Waals surface area contributed by atoms with Crippen molar-refractivity contribution in [3.63, 3.8) is 0 Å². The molecule has 6 nitrogen and oxygen atoms in total. The second-order valence-corrected chi connectivity index (χ2v) is 7.50. The summed E-state index contributed by atoms with van der Waals surface area (Å²) < 4.78 is 20.5. The number of rotatable bonds is 7. The lowest BCUT2D eigenvalue weighted by molar-refractivity contribution is -0.141. The van der Waals surface area contributed by atoms with Gasteiger partial charge in [0.25, 0.3) is 0 Å². The molecule has 1 amide bonds. The average molecular weight is 423 g/mol. The lowest BCUT2D eigenvalue weighted by Gasteiger charge is -2.18. The molecule has 3 aromatic rings. The maximum absolute atomic E-state index is 14.2. The molecule has 31 heavy (non-hydrogen) atoms. The zero-order chi connectivity index (χ0) is 22.5. The molecule has 1 N–H and O–H groups in total.